The lowest BCUT2D eigenvalue weighted by Gasteiger charge is -2.32. The number of carbonyl (C=O) groups excluding carboxylic acids is 3. The van der Waals surface area contributed by atoms with Gasteiger partial charge in [0.25, 0.3) is 5.91 Å². The van der Waals surface area contributed by atoms with Gasteiger partial charge in [0.1, 0.15) is 11.4 Å². The Bertz CT molecular complexity index is 1470. The fraction of sp³-hybridized carbons (Fsp3) is 0.323. The molecule has 2 amide bonds. The zero-order chi connectivity index (χ0) is 29.1. The van der Waals surface area contributed by atoms with E-state index >= 15 is 0 Å². The summed E-state index contributed by atoms with van der Waals surface area (Å²) in [7, 11) is 3.58. The zero-order valence-corrected chi connectivity index (χ0v) is 23.8. The third-order valence-corrected chi connectivity index (χ3v) is 7.31. The minimum Gasteiger partial charge on any atom is -0.494 e. The Morgan fingerprint density at radius 1 is 1.05 bits per heavy atom. The van der Waals surface area contributed by atoms with E-state index in [0.717, 1.165) is 28.2 Å². The molecule has 0 bridgehead atoms. The molecule has 0 aromatic heterocycles. The van der Waals surface area contributed by atoms with Crippen LogP contribution < -0.4 is 25.6 Å². The molecule has 0 radical (unpaired) electrons. The number of hydrazine groups is 2. The average molecular weight is 558 g/mol. The van der Waals surface area contributed by atoms with E-state index in [1.807, 2.05) is 34.1 Å². The van der Waals surface area contributed by atoms with Crippen LogP contribution in [0.25, 0.3) is 0 Å². The van der Waals surface area contributed by atoms with E-state index in [2.05, 4.69) is 29.1 Å². The second-order valence-electron chi connectivity index (χ2n) is 10.1. The molecule has 0 atom stereocenters. The van der Waals surface area contributed by atoms with E-state index in [1.54, 1.807) is 38.3 Å². The molecule has 0 aliphatic carbocycles. The summed E-state index contributed by atoms with van der Waals surface area (Å²) in [5, 5.41) is 6.69. The van der Waals surface area contributed by atoms with Gasteiger partial charge in [0.05, 0.1) is 25.1 Å². The predicted octanol–water partition coefficient (Wildman–Crippen LogP) is 4.36. The number of hydrogen-bond acceptors (Lipinski definition) is 8. The second-order valence-corrected chi connectivity index (χ2v) is 10.1. The van der Waals surface area contributed by atoms with Gasteiger partial charge in [-0.15, -0.1) is 5.53 Å². The zero-order valence-electron chi connectivity index (χ0n) is 23.8. The number of amides is 2. The summed E-state index contributed by atoms with van der Waals surface area (Å²) in [5.74, 6) is 0.292. The standard InChI is InChI=1S/C31H35N5O5/c1-5-41-29(38)14-9-21-17-27-30(28(18-21)40-4)34(3)33-36(27)26-8-6-7-23-19-35(16-15-25(23)26)31(39)22-10-12-24(13-11-22)32-20(2)37/h6-8,10-13,17-18,33H,5,9,14-16,19H2,1-4H3,(H,32,37). The molecule has 2 aliphatic heterocycles. The lowest BCUT2D eigenvalue weighted by atomic mass is 9.96. The van der Waals surface area contributed by atoms with Crippen molar-refractivity contribution in [1.29, 1.82) is 0 Å². The normalized spacial score (nSPS) is 13.9. The molecule has 10 nitrogen and oxygen atoms in total. The van der Waals surface area contributed by atoms with E-state index in [0.29, 0.717) is 56.0 Å². The third kappa shape index (κ3) is 5.83. The first-order valence-electron chi connectivity index (χ1n) is 13.7. The number of hydrogen-bond donors (Lipinski definition) is 2. The first kappa shape index (κ1) is 28.0. The van der Waals surface area contributed by atoms with Gasteiger partial charge in [-0.3, -0.25) is 24.4 Å². The Labute approximate surface area is 239 Å². The van der Waals surface area contributed by atoms with Crippen LogP contribution in [-0.2, 0) is 33.7 Å². The number of fused-ring (bicyclic) bond motifs is 2. The average Bonchev–Trinajstić information content (AvgIpc) is 3.30. The van der Waals surface area contributed by atoms with Gasteiger partial charge in [0.2, 0.25) is 5.91 Å². The van der Waals surface area contributed by atoms with E-state index < -0.39 is 0 Å². The summed E-state index contributed by atoms with van der Waals surface area (Å²) in [6, 6.07) is 17.2. The molecule has 2 N–H and O–H groups in total. The quantitative estimate of drug-likeness (QED) is 0.394. The second kappa shape index (κ2) is 11.9. The number of nitrogens with one attached hydrogen (secondary N) is 2. The Kier molecular flexibility index (Phi) is 8.11. The lowest BCUT2D eigenvalue weighted by molar-refractivity contribution is -0.143. The fourth-order valence-corrected chi connectivity index (χ4v) is 5.43. The van der Waals surface area contributed by atoms with Crippen molar-refractivity contribution in [2.75, 3.05) is 42.6 Å². The van der Waals surface area contributed by atoms with Gasteiger partial charge in [-0.1, -0.05) is 12.1 Å². The van der Waals surface area contributed by atoms with Crippen LogP contribution in [0.2, 0.25) is 0 Å². The van der Waals surface area contributed by atoms with E-state index in [1.165, 1.54) is 12.5 Å². The van der Waals surface area contributed by atoms with Gasteiger partial charge >= 0.3 is 5.97 Å². The van der Waals surface area contributed by atoms with E-state index in [-0.39, 0.29) is 17.8 Å². The first-order chi connectivity index (χ1) is 19.8. The van der Waals surface area contributed by atoms with Crippen LogP contribution in [0.3, 0.4) is 0 Å². The van der Waals surface area contributed by atoms with Crippen LogP contribution in [0.5, 0.6) is 5.75 Å². The van der Waals surface area contributed by atoms with Gasteiger partial charge in [-0.05, 0) is 78.9 Å². The molecule has 214 valence electrons. The minimum atomic E-state index is -0.223. The first-order valence-corrected chi connectivity index (χ1v) is 13.7. The van der Waals surface area contributed by atoms with Crippen molar-refractivity contribution < 1.29 is 23.9 Å². The molecule has 41 heavy (non-hydrogen) atoms. The van der Waals surface area contributed by atoms with Crippen LogP contribution in [0.1, 0.15) is 47.3 Å². The summed E-state index contributed by atoms with van der Waals surface area (Å²) >= 11 is 0. The fourth-order valence-electron chi connectivity index (χ4n) is 5.43. The molecule has 3 aromatic carbocycles. The van der Waals surface area contributed by atoms with Crippen LogP contribution in [-0.4, -0.2) is 50.0 Å². The maximum Gasteiger partial charge on any atom is 0.306 e. The van der Waals surface area contributed by atoms with Crippen molar-refractivity contribution in [3.05, 3.63) is 76.9 Å². The molecular formula is C31H35N5O5. The molecular weight excluding hydrogens is 522 g/mol. The van der Waals surface area contributed by atoms with E-state index in [4.69, 9.17) is 9.47 Å². The third-order valence-electron chi connectivity index (χ3n) is 7.31. The van der Waals surface area contributed by atoms with Crippen LogP contribution in [0, 0.1) is 0 Å². The highest BCUT2D eigenvalue weighted by Crippen LogP contribution is 2.46. The number of ether oxygens (including phenoxy) is 2. The lowest BCUT2D eigenvalue weighted by Crippen LogP contribution is -2.41. The van der Waals surface area contributed by atoms with Crippen molar-refractivity contribution in [1.82, 2.24) is 10.4 Å². The SMILES string of the molecule is CCOC(=O)CCc1cc(OC)c2c(c1)N(c1cccc3c1CCN(C(=O)c1ccc(NC(C)=O)cc1)C3)NN2C. The molecule has 5 rings (SSSR count). The van der Waals surface area contributed by atoms with Gasteiger partial charge in [0, 0.05) is 44.7 Å². The summed E-state index contributed by atoms with van der Waals surface area (Å²) < 4.78 is 10.8. The number of esters is 1. The molecule has 0 saturated carbocycles. The Morgan fingerprint density at radius 2 is 1.83 bits per heavy atom. The number of rotatable bonds is 8. The highest BCUT2D eigenvalue weighted by Gasteiger charge is 2.32. The maximum absolute atomic E-state index is 13.3. The highest BCUT2D eigenvalue weighted by atomic mass is 16.5. The Hall–Kier alpha value is -4.57. The monoisotopic (exact) mass is 557 g/mol. The molecule has 0 unspecified atom stereocenters. The number of benzene rings is 3. The largest absolute Gasteiger partial charge is 0.494 e. The van der Waals surface area contributed by atoms with Crippen molar-refractivity contribution in [3.8, 4) is 5.75 Å². The minimum absolute atomic E-state index is 0.0456. The van der Waals surface area contributed by atoms with Crippen molar-refractivity contribution in [2.24, 2.45) is 0 Å². The number of aryl methyl sites for hydroxylation is 1. The number of nitrogens with zero attached hydrogens (tertiary/aromatic N) is 3. The van der Waals surface area contributed by atoms with Gasteiger partial charge < -0.3 is 19.7 Å². The van der Waals surface area contributed by atoms with Crippen LogP contribution in [0.15, 0.2) is 54.6 Å². The van der Waals surface area contributed by atoms with Gasteiger partial charge in [-0.2, -0.15) is 0 Å². The number of carbonyl (C=O) groups is 3. The number of anilines is 4. The number of methoxy groups -OCH3 is 1. The summed E-state index contributed by atoms with van der Waals surface area (Å²) in [6.45, 7) is 4.69. The molecule has 3 aromatic rings. The molecule has 0 spiro atoms. The Morgan fingerprint density at radius 3 is 2.54 bits per heavy atom. The predicted molar refractivity (Wildman–Crippen MR) is 157 cm³/mol. The Balaban J connectivity index is 1.39. The summed E-state index contributed by atoms with van der Waals surface area (Å²) in [6.07, 6.45) is 1.52. The molecule has 2 aliphatic rings. The molecule has 10 heteroatoms. The van der Waals surface area contributed by atoms with Crippen molar-refractivity contribution >= 4 is 40.5 Å². The van der Waals surface area contributed by atoms with Crippen molar-refractivity contribution in [2.45, 2.75) is 39.7 Å². The van der Waals surface area contributed by atoms with Crippen LogP contribution in [0.4, 0.5) is 22.7 Å². The highest BCUT2D eigenvalue weighted by molar-refractivity contribution is 5.96. The summed E-state index contributed by atoms with van der Waals surface area (Å²) in [5.41, 5.74) is 10.7. The van der Waals surface area contributed by atoms with Gasteiger partial charge in [0.15, 0.2) is 0 Å². The van der Waals surface area contributed by atoms with Gasteiger partial charge in [-0.25, -0.2) is 0 Å². The topological polar surface area (TPSA) is 103 Å². The molecule has 0 saturated heterocycles. The molecule has 0 fully saturated rings. The van der Waals surface area contributed by atoms with Crippen LogP contribution >= 0.6 is 0 Å². The smallest absolute Gasteiger partial charge is 0.306 e. The molecule has 2 heterocycles. The van der Waals surface area contributed by atoms with E-state index in [9.17, 15) is 14.4 Å². The summed E-state index contributed by atoms with van der Waals surface area (Å²) in [4.78, 5) is 38.5. The van der Waals surface area contributed by atoms with Crippen molar-refractivity contribution in [3.63, 3.8) is 0 Å². The maximum atomic E-state index is 13.3.